The Bertz CT molecular complexity index is 1030. The molecular formula is C21H19ClN2O5. The number of aryl methyl sites for hydroxylation is 1. The third kappa shape index (κ3) is 4.94. The summed E-state index contributed by atoms with van der Waals surface area (Å²) in [7, 11) is 0. The van der Waals surface area contributed by atoms with E-state index in [1.54, 1.807) is 18.2 Å². The van der Waals surface area contributed by atoms with Crippen LogP contribution in [-0.4, -0.2) is 16.7 Å². The van der Waals surface area contributed by atoms with Gasteiger partial charge in [0, 0.05) is 0 Å². The first-order valence-corrected chi connectivity index (χ1v) is 9.29. The minimum Gasteiger partial charge on any atom is -0.490 e. The summed E-state index contributed by atoms with van der Waals surface area (Å²) in [5.41, 5.74) is 1.73. The molecule has 0 fully saturated rings. The van der Waals surface area contributed by atoms with Crippen LogP contribution in [0, 0.1) is 17.0 Å². The van der Waals surface area contributed by atoms with Crippen LogP contribution in [0.15, 0.2) is 47.0 Å². The SMILES string of the molecule is CCOc1cc(C=Cc2onc(C)c2[N+](=O)[O-])cc(Cl)c1OCc1ccccc1. The van der Waals surface area contributed by atoms with E-state index < -0.39 is 4.92 Å². The Morgan fingerprint density at radius 3 is 2.66 bits per heavy atom. The molecule has 2 aromatic carbocycles. The van der Waals surface area contributed by atoms with Gasteiger partial charge in [-0.1, -0.05) is 53.2 Å². The molecule has 0 spiro atoms. The van der Waals surface area contributed by atoms with Crippen LogP contribution in [0.1, 0.15) is 29.5 Å². The largest absolute Gasteiger partial charge is 0.490 e. The lowest BCUT2D eigenvalue weighted by Gasteiger charge is -2.14. The fraction of sp³-hybridized carbons (Fsp3) is 0.190. The van der Waals surface area contributed by atoms with Crippen molar-refractivity contribution in [3.05, 3.63) is 80.2 Å². The van der Waals surface area contributed by atoms with Crippen LogP contribution in [0.2, 0.25) is 5.02 Å². The predicted molar refractivity (Wildman–Crippen MR) is 110 cm³/mol. The third-order valence-corrected chi connectivity index (χ3v) is 4.31. The van der Waals surface area contributed by atoms with Crippen LogP contribution < -0.4 is 9.47 Å². The van der Waals surface area contributed by atoms with Crippen LogP contribution in [0.25, 0.3) is 12.2 Å². The highest BCUT2D eigenvalue weighted by molar-refractivity contribution is 6.32. The Hall–Kier alpha value is -3.32. The number of halogens is 1. The second-order valence-corrected chi connectivity index (χ2v) is 6.52. The normalized spacial score (nSPS) is 11.0. The van der Waals surface area contributed by atoms with Crippen molar-refractivity contribution in [2.24, 2.45) is 0 Å². The highest BCUT2D eigenvalue weighted by atomic mass is 35.5. The molecule has 1 aromatic heterocycles. The molecule has 3 rings (SSSR count). The van der Waals surface area contributed by atoms with E-state index in [4.69, 9.17) is 25.6 Å². The average molecular weight is 415 g/mol. The van der Waals surface area contributed by atoms with Gasteiger partial charge in [0.1, 0.15) is 6.61 Å². The molecule has 29 heavy (non-hydrogen) atoms. The van der Waals surface area contributed by atoms with E-state index in [0.29, 0.717) is 35.3 Å². The van der Waals surface area contributed by atoms with Crippen molar-refractivity contribution < 1.29 is 18.9 Å². The van der Waals surface area contributed by atoms with Gasteiger partial charge in [0.25, 0.3) is 0 Å². The molecule has 0 saturated carbocycles. The molecule has 3 aromatic rings. The summed E-state index contributed by atoms with van der Waals surface area (Å²) in [5.74, 6) is 0.987. The third-order valence-electron chi connectivity index (χ3n) is 4.02. The van der Waals surface area contributed by atoms with Crippen molar-refractivity contribution in [2.45, 2.75) is 20.5 Å². The van der Waals surface area contributed by atoms with Crippen molar-refractivity contribution in [1.29, 1.82) is 0 Å². The van der Waals surface area contributed by atoms with Gasteiger partial charge in [-0.2, -0.15) is 0 Å². The summed E-state index contributed by atoms with van der Waals surface area (Å²) in [4.78, 5) is 10.6. The molecule has 150 valence electrons. The van der Waals surface area contributed by atoms with Gasteiger partial charge in [0.05, 0.1) is 16.6 Å². The maximum absolute atomic E-state index is 11.2. The summed E-state index contributed by atoms with van der Waals surface area (Å²) in [5, 5.41) is 15.2. The lowest BCUT2D eigenvalue weighted by molar-refractivity contribution is -0.386. The minimum atomic E-state index is -0.523. The minimum absolute atomic E-state index is 0.0611. The van der Waals surface area contributed by atoms with E-state index in [0.717, 1.165) is 5.56 Å². The van der Waals surface area contributed by atoms with Crippen LogP contribution in [-0.2, 0) is 6.61 Å². The Balaban J connectivity index is 1.86. The first-order chi connectivity index (χ1) is 14.0. The molecule has 0 unspecified atom stereocenters. The summed E-state index contributed by atoms with van der Waals surface area (Å²) in [6.07, 6.45) is 3.12. The van der Waals surface area contributed by atoms with Crippen LogP contribution >= 0.6 is 11.6 Å². The topological polar surface area (TPSA) is 87.6 Å². The smallest absolute Gasteiger partial charge is 0.338 e. The number of aromatic nitrogens is 1. The van der Waals surface area contributed by atoms with E-state index in [2.05, 4.69) is 5.16 Å². The summed E-state index contributed by atoms with van der Waals surface area (Å²) < 4.78 is 16.6. The second kappa shape index (κ2) is 9.25. The van der Waals surface area contributed by atoms with Gasteiger partial charge in [-0.3, -0.25) is 10.1 Å². The number of nitro groups is 1. The molecule has 0 aliphatic heterocycles. The second-order valence-electron chi connectivity index (χ2n) is 6.11. The van der Waals surface area contributed by atoms with Gasteiger partial charge in [-0.15, -0.1) is 0 Å². The average Bonchev–Trinajstić information content (AvgIpc) is 3.07. The van der Waals surface area contributed by atoms with Gasteiger partial charge < -0.3 is 14.0 Å². The van der Waals surface area contributed by atoms with E-state index in [1.165, 1.54) is 13.0 Å². The molecule has 0 amide bonds. The predicted octanol–water partition coefficient (Wildman–Crippen LogP) is 5.69. The molecule has 1 heterocycles. The molecule has 0 aliphatic rings. The molecule has 0 radical (unpaired) electrons. The quantitative estimate of drug-likeness (QED) is 0.347. The maximum Gasteiger partial charge on any atom is 0.338 e. The lowest BCUT2D eigenvalue weighted by atomic mass is 10.1. The fourth-order valence-corrected chi connectivity index (χ4v) is 2.98. The molecule has 0 atom stereocenters. The van der Waals surface area contributed by atoms with Crippen LogP contribution in [0.3, 0.4) is 0 Å². The zero-order valence-corrected chi connectivity index (χ0v) is 16.7. The number of hydrogen-bond acceptors (Lipinski definition) is 6. The van der Waals surface area contributed by atoms with Gasteiger partial charge >= 0.3 is 5.69 Å². The van der Waals surface area contributed by atoms with Crippen molar-refractivity contribution in [3.63, 3.8) is 0 Å². The molecule has 8 heteroatoms. The van der Waals surface area contributed by atoms with Crippen molar-refractivity contribution >= 4 is 29.4 Å². The standard InChI is InChI=1S/C21H19ClN2O5/c1-3-27-19-12-16(9-10-18-20(24(25)26)14(2)23-29-18)11-17(22)21(19)28-13-15-7-5-4-6-8-15/h4-12H,3,13H2,1-2H3. The van der Waals surface area contributed by atoms with Crippen molar-refractivity contribution in [3.8, 4) is 11.5 Å². The number of rotatable bonds is 8. The van der Waals surface area contributed by atoms with Crippen LogP contribution in [0.5, 0.6) is 11.5 Å². The number of benzene rings is 2. The van der Waals surface area contributed by atoms with E-state index in [1.807, 2.05) is 37.3 Å². The monoisotopic (exact) mass is 414 g/mol. The molecule has 0 bridgehead atoms. The van der Waals surface area contributed by atoms with E-state index in [-0.39, 0.29) is 17.1 Å². The maximum atomic E-state index is 11.2. The zero-order valence-electron chi connectivity index (χ0n) is 15.9. The van der Waals surface area contributed by atoms with Crippen LogP contribution in [0.4, 0.5) is 5.69 Å². The summed E-state index contributed by atoms with van der Waals surface area (Å²) in [6.45, 7) is 4.15. The molecule has 0 saturated heterocycles. The summed E-state index contributed by atoms with van der Waals surface area (Å²) in [6, 6.07) is 13.2. The zero-order chi connectivity index (χ0) is 20.8. The number of ether oxygens (including phenoxy) is 2. The molecule has 7 nitrogen and oxygen atoms in total. The van der Waals surface area contributed by atoms with Crippen molar-refractivity contribution in [2.75, 3.05) is 6.61 Å². The number of hydrogen-bond donors (Lipinski definition) is 0. The van der Waals surface area contributed by atoms with Crippen molar-refractivity contribution in [1.82, 2.24) is 5.16 Å². The Labute approximate surface area is 172 Å². The van der Waals surface area contributed by atoms with Gasteiger partial charge in [-0.05, 0) is 43.2 Å². The number of nitrogens with zero attached hydrogens (tertiary/aromatic N) is 2. The van der Waals surface area contributed by atoms with Gasteiger partial charge in [0.15, 0.2) is 17.2 Å². The highest BCUT2D eigenvalue weighted by Gasteiger charge is 2.22. The molecule has 0 N–H and O–H groups in total. The van der Waals surface area contributed by atoms with Gasteiger partial charge in [0.2, 0.25) is 5.76 Å². The van der Waals surface area contributed by atoms with E-state index in [9.17, 15) is 10.1 Å². The summed E-state index contributed by atoms with van der Waals surface area (Å²) >= 11 is 6.42. The lowest BCUT2D eigenvalue weighted by Crippen LogP contribution is -2.00. The highest BCUT2D eigenvalue weighted by Crippen LogP contribution is 2.38. The first kappa shape index (κ1) is 20.4. The van der Waals surface area contributed by atoms with Gasteiger partial charge in [-0.25, -0.2) is 0 Å². The van der Waals surface area contributed by atoms with E-state index >= 15 is 0 Å². The Morgan fingerprint density at radius 2 is 1.97 bits per heavy atom. The fourth-order valence-electron chi connectivity index (χ4n) is 2.70. The Kier molecular flexibility index (Phi) is 6.51. The first-order valence-electron chi connectivity index (χ1n) is 8.91. The molecule has 0 aliphatic carbocycles. The molecular weight excluding hydrogens is 396 g/mol. The Morgan fingerprint density at radius 1 is 1.21 bits per heavy atom.